The van der Waals surface area contributed by atoms with Gasteiger partial charge in [0.05, 0.1) is 12.2 Å². The van der Waals surface area contributed by atoms with Crippen LogP contribution in [0, 0.1) is 0 Å². The molecule has 130 valence electrons. The Labute approximate surface area is 144 Å². The first-order valence-electron chi connectivity index (χ1n) is 8.50. The van der Waals surface area contributed by atoms with E-state index in [4.69, 9.17) is 0 Å². The van der Waals surface area contributed by atoms with E-state index in [0.29, 0.717) is 13.1 Å². The molecule has 0 fully saturated rings. The molecular formula is C20H28N2O2. The molecule has 4 atom stereocenters. The van der Waals surface area contributed by atoms with E-state index in [0.717, 1.165) is 11.1 Å². The summed E-state index contributed by atoms with van der Waals surface area (Å²) in [6.45, 7) is 4.78. The van der Waals surface area contributed by atoms with E-state index in [1.165, 1.54) is 0 Å². The second-order valence-electron chi connectivity index (χ2n) is 6.22. The molecule has 0 spiro atoms. The summed E-state index contributed by atoms with van der Waals surface area (Å²) in [5.41, 5.74) is 2.32. The van der Waals surface area contributed by atoms with E-state index in [9.17, 15) is 10.2 Å². The molecule has 0 saturated carbocycles. The zero-order valence-electron chi connectivity index (χ0n) is 14.4. The smallest absolute Gasteiger partial charge is 0.0935 e. The van der Waals surface area contributed by atoms with Crippen molar-refractivity contribution in [2.24, 2.45) is 0 Å². The van der Waals surface area contributed by atoms with Gasteiger partial charge in [0.2, 0.25) is 0 Å². The summed E-state index contributed by atoms with van der Waals surface area (Å²) in [7, 11) is 0. The Morgan fingerprint density at radius 1 is 0.667 bits per heavy atom. The van der Waals surface area contributed by atoms with Crippen molar-refractivity contribution >= 4 is 0 Å². The first-order chi connectivity index (χ1) is 11.6. The van der Waals surface area contributed by atoms with E-state index < -0.39 is 12.2 Å². The number of aliphatic hydroxyl groups is 2. The van der Waals surface area contributed by atoms with Crippen LogP contribution in [0.3, 0.4) is 0 Å². The fourth-order valence-corrected chi connectivity index (χ4v) is 2.59. The highest BCUT2D eigenvalue weighted by atomic mass is 16.3. The molecular weight excluding hydrogens is 300 g/mol. The van der Waals surface area contributed by atoms with Crippen LogP contribution in [-0.4, -0.2) is 35.5 Å². The van der Waals surface area contributed by atoms with Gasteiger partial charge in [0.25, 0.3) is 0 Å². The fraction of sp³-hybridized carbons (Fsp3) is 0.400. The Bertz CT molecular complexity index is 523. The molecule has 0 aliphatic heterocycles. The molecule has 0 aromatic heterocycles. The van der Waals surface area contributed by atoms with Gasteiger partial charge in [-0.3, -0.25) is 0 Å². The molecule has 0 saturated heterocycles. The van der Waals surface area contributed by atoms with E-state index in [1.807, 2.05) is 74.5 Å². The molecule has 2 rings (SSSR count). The number of nitrogens with one attached hydrogen (secondary N) is 2. The lowest BCUT2D eigenvalue weighted by molar-refractivity contribution is 0.0183. The van der Waals surface area contributed by atoms with Crippen LogP contribution < -0.4 is 10.6 Å². The quantitative estimate of drug-likeness (QED) is 0.571. The second kappa shape index (κ2) is 9.55. The maximum atomic E-state index is 10.1. The second-order valence-corrected chi connectivity index (χ2v) is 6.22. The molecule has 0 bridgehead atoms. The van der Waals surface area contributed by atoms with Gasteiger partial charge in [0.1, 0.15) is 0 Å². The van der Waals surface area contributed by atoms with Crippen LogP contribution in [0.2, 0.25) is 0 Å². The van der Waals surface area contributed by atoms with Gasteiger partial charge in [-0.25, -0.2) is 0 Å². The van der Waals surface area contributed by atoms with Gasteiger partial charge in [-0.1, -0.05) is 60.7 Å². The van der Waals surface area contributed by atoms with Crippen molar-refractivity contribution in [3.63, 3.8) is 0 Å². The van der Waals surface area contributed by atoms with Crippen LogP contribution in [0.25, 0.3) is 0 Å². The average molecular weight is 328 g/mol. The predicted octanol–water partition coefficient (Wildman–Crippen LogP) is 2.41. The van der Waals surface area contributed by atoms with Crippen molar-refractivity contribution in [2.75, 3.05) is 13.1 Å². The monoisotopic (exact) mass is 328 g/mol. The third-order valence-electron chi connectivity index (χ3n) is 4.31. The molecule has 0 aliphatic rings. The Hall–Kier alpha value is -1.72. The fourth-order valence-electron chi connectivity index (χ4n) is 2.59. The minimum Gasteiger partial charge on any atom is -0.389 e. The number of rotatable bonds is 9. The molecule has 0 radical (unpaired) electrons. The Morgan fingerprint density at radius 2 is 1.00 bits per heavy atom. The lowest BCUT2D eigenvalue weighted by Gasteiger charge is -2.23. The predicted molar refractivity (Wildman–Crippen MR) is 97.7 cm³/mol. The first kappa shape index (κ1) is 18.6. The van der Waals surface area contributed by atoms with Gasteiger partial charge in [-0.15, -0.1) is 0 Å². The van der Waals surface area contributed by atoms with E-state index >= 15 is 0 Å². The van der Waals surface area contributed by atoms with Gasteiger partial charge >= 0.3 is 0 Å². The third kappa shape index (κ3) is 5.73. The minimum atomic E-state index is -0.813. The molecule has 4 N–H and O–H groups in total. The summed E-state index contributed by atoms with van der Waals surface area (Å²) in [6.07, 6.45) is -1.63. The molecule has 4 unspecified atom stereocenters. The summed E-state index contributed by atoms with van der Waals surface area (Å²) in [5.74, 6) is 0. The summed E-state index contributed by atoms with van der Waals surface area (Å²) in [4.78, 5) is 0. The van der Waals surface area contributed by atoms with Crippen molar-refractivity contribution in [1.29, 1.82) is 0 Å². The van der Waals surface area contributed by atoms with Gasteiger partial charge in [0, 0.05) is 25.2 Å². The van der Waals surface area contributed by atoms with Crippen molar-refractivity contribution in [3.05, 3.63) is 71.8 Å². The van der Waals surface area contributed by atoms with Gasteiger partial charge in [-0.05, 0) is 25.0 Å². The minimum absolute atomic E-state index is 0.129. The number of hydrogen-bond acceptors (Lipinski definition) is 4. The van der Waals surface area contributed by atoms with Crippen molar-refractivity contribution in [2.45, 2.75) is 38.1 Å². The summed E-state index contributed by atoms with van der Waals surface area (Å²) in [5, 5.41) is 26.8. The highest BCUT2D eigenvalue weighted by Gasteiger charge is 2.18. The van der Waals surface area contributed by atoms with Crippen LogP contribution in [0.15, 0.2) is 60.7 Å². The summed E-state index contributed by atoms with van der Waals surface area (Å²) in [6, 6.07) is 20.4. The van der Waals surface area contributed by atoms with Crippen LogP contribution in [0.5, 0.6) is 0 Å². The van der Waals surface area contributed by atoms with Crippen molar-refractivity contribution in [3.8, 4) is 0 Å². The van der Waals surface area contributed by atoms with E-state index in [1.54, 1.807) is 0 Å². The number of benzene rings is 2. The topological polar surface area (TPSA) is 64.5 Å². The van der Waals surface area contributed by atoms with Crippen LogP contribution in [-0.2, 0) is 0 Å². The third-order valence-corrected chi connectivity index (χ3v) is 4.31. The van der Waals surface area contributed by atoms with E-state index in [-0.39, 0.29) is 12.1 Å². The largest absolute Gasteiger partial charge is 0.389 e. The Balaban J connectivity index is 1.73. The normalized spacial score (nSPS) is 16.3. The Morgan fingerprint density at radius 3 is 1.33 bits per heavy atom. The molecule has 2 aromatic carbocycles. The highest BCUT2D eigenvalue weighted by Crippen LogP contribution is 2.12. The van der Waals surface area contributed by atoms with Gasteiger partial charge in [-0.2, -0.15) is 0 Å². The average Bonchev–Trinajstić information content (AvgIpc) is 2.64. The molecule has 0 aliphatic carbocycles. The van der Waals surface area contributed by atoms with Crippen LogP contribution >= 0.6 is 0 Å². The standard InChI is InChI=1S/C20H28N2O2/c1-15(17-9-5-3-6-10-17)21-13-19(23)20(24)14-22-16(2)18-11-7-4-8-12-18/h3-12,15-16,19-24H,13-14H2,1-2H3. The number of hydrogen-bond donors (Lipinski definition) is 4. The zero-order valence-corrected chi connectivity index (χ0v) is 14.4. The van der Waals surface area contributed by atoms with E-state index in [2.05, 4.69) is 10.6 Å². The van der Waals surface area contributed by atoms with Gasteiger partial charge < -0.3 is 20.8 Å². The van der Waals surface area contributed by atoms with Crippen molar-refractivity contribution in [1.82, 2.24) is 10.6 Å². The molecule has 24 heavy (non-hydrogen) atoms. The summed E-state index contributed by atoms with van der Waals surface area (Å²) >= 11 is 0. The van der Waals surface area contributed by atoms with Crippen LogP contribution in [0.1, 0.15) is 37.1 Å². The maximum Gasteiger partial charge on any atom is 0.0935 e. The SMILES string of the molecule is CC(NCC(O)C(O)CNC(C)c1ccccc1)c1ccccc1. The van der Waals surface area contributed by atoms with Gasteiger partial charge in [0.15, 0.2) is 0 Å². The zero-order chi connectivity index (χ0) is 17.4. The maximum absolute atomic E-state index is 10.1. The molecule has 4 nitrogen and oxygen atoms in total. The van der Waals surface area contributed by atoms with Crippen molar-refractivity contribution < 1.29 is 10.2 Å². The molecule has 2 aromatic rings. The highest BCUT2D eigenvalue weighted by molar-refractivity contribution is 5.18. The molecule has 0 heterocycles. The lowest BCUT2D eigenvalue weighted by atomic mass is 10.1. The lowest BCUT2D eigenvalue weighted by Crippen LogP contribution is -2.43. The Kier molecular flexibility index (Phi) is 7.40. The molecule has 0 amide bonds. The first-order valence-corrected chi connectivity index (χ1v) is 8.50. The molecule has 4 heteroatoms. The number of aliphatic hydroxyl groups excluding tert-OH is 2. The van der Waals surface area contributed by atoms with Crippen LogP contribution in [0.4, 0.5) is 0 Å². The summed E-state index contributed by atoms with van der Waals surface area (Å²) < 4.78 is 0.